The molecule has 0 amide bonds. The molecule has 1 aromatic rings. The second-order valence-electron chi connectivity index (χ2n) is 3.12. The lowest BCUT2D eigenvalue weighted by atomic mass is 9.93. The predicted octanol–water partition coefficient (Wildman–Crippen LogP) is 0.301. The van der Waals surface area contributed by atoms with Crippen molar-refractivity contribution < 1.29 is 17.9 Å². The third kappa shape index (κ3) is 3.16. The molecule has 0 saturated heterocycles. The number of nitrogens with two attached hydrogens (primary N) is 1. The van der Waals surface area contributed by atoms with E-state index in [-0.39, 0.29) is 0 Å². The predicted molar refractivity (Wildman–Crippen MR) is 54.2 cm³/mol. The molecule has 1 aromatic carbocycles. The number of hydrogen-bond donors (Lipinski definition) is 1. The minimum atomic E-state index is -4.31. The zero-order valence-corrected chi connectivity index (χ0v) is 8.27. The van der Waals surface area contributed by atoms with Crippen molar-refractivity contribution in [3.63, 3.8) is 0 Å². The van der Waals surface area contributed by atoms with Crippen molar-refractivity contribution in [3.05, 3.63) is 23.8 Å². The number of benzene rings is 1. The van der Waals surface area contributed by atoms with Crippen molar-refractivity contribution in [2.75, 3.05) is 13.2 Å². The quantitative estimate of drug-likeness (QED) is 0.739. The Kier molecular flexibility index (Phi) is 3.63. The number of ether oxygens (including phenoxy) is 1. The summed E-state index contributed by atoms with van der Waals surface area (Å²) in [4.78, 5) is 0. The van der Waals surface area contributed by atoms with Crippen molar-refractivity contribution in [3.8, 4) is 5.75 Å². The Bertz CT molecular complexity index is 341. The van der Waals surface area contributed by atoms with E-state index >= 15 is 0 Å². The second kappa shape index (κ2) is 4.57. The third-order valence-corrected chi connectivity index (χ3v) is 1.88. The first kappa shape index (κ1) is 11.9. The zero-order chi connectivity index (χ0) is 11.5. The molecule has 2 N–H and O–H groups in total. The fourth-order valence-electron chi connectivity index (χ4n) is 1.16. The molecule has 0 spiro atoms. The molecule has 0 aliphatic rings. The van der Waals surface area contributed by atoms with Gasteiger partial charge in [0.15, 0.2) is 0 Å². The van der Waals surface area contributed by atoms with Gasteiger partial charge in [-0.3, -0.25) is 0 Å². The molecule has 0 radical (unpaired) electrons. The number of halogens is 3. The summed E-state index contributed by atoms with van der Waals surface area (Å²) in [6, 6.07) is 3.37. The molecule has 2 nitrogen and oxygen atoms in total. The van der Waals surface area contributed by atoms with Gasteiger partial charge in [0.05, 0.1) is 5.56 Å². The summed E-state index contributed by atoms with van der Waals surface area (Å²) >= 11 is 0. The topological polar surface area (TPSA) is 35.2 Å². The van der Waals surface area contributed by atoms with E-state index in [1.165, 1.54) is 6.07 Å². The van der Waals surface area contributed by atoms with E-state index in [0.29, 0.717) is 24.4 Å². The highest BCUT2D eigenvalue weighted by atomic mass is 19.4. The molecule has 0 aromatic heterocycles. The van der Waals surface area contributed by atoms with Crippen molar-refractivity contribution in [1.29, 1.82) is 0 Å². The average Bonchev–Trinajstić information content (AvgIpc) is 2.14. The van der Waals surface area contributed by atoms with Crippen LogP contribution in [0, 0.1) is 0 Å². The largest absolute Gasteiger partial charge is 0.493 e. The van der Waals surface area contributed by atoms with Crippen molar-refractivity contribution >= 4 is 13.3 Å². The smallest absolute Gasteiger partial charge is 0.416 e. The van der Waals surface area contributed by atoms with Gasteiger partial charge in [-0.2, -0.15) is 13.2 Å². The van der Waals surface area contributed by atoms with Gasteiger partial charge in [0.1, 0.15) is 20.2 Å². The first-order valence-electron chi connectivity index (χ1n) is 4.46. The lowest BCUT2D eigenvalue weighted by Gasteiger charge is -2.11. The highest BCUT2D eigenvalue weighted by Gasteiger charge is 2.30. The maximum atomic E-state index is 12.3. The highest BCUT2D eigenvalue weighted by Crippen LogP contribution is 2.29. The second-order valence-corrected chi connectivity index (χ2v) is 3.12. The molecule has 0 heterocycles. The van der Waals surface area contributed by atoms with Crippen LogP contribution in [0.2, 0.25) is 0 Å². The molecule has 15 heavy (non-hydrogen) atoms. The van der Waals surface area contributed by atoms with Gasteiger partial charge in [-0.1, -0.05) is 6.07 Å². The summed E-state index contributed by atoms with van der Waals surface area (Å²) in [7, 11) is 1.57. The lowest BCUT2D eigenvalue weighted by molar-refractivity contribution is -0.137. The van der Waals surface area contributed by atoms with E-state index < -0.39 is 11.7 Å². The first-order valence-corrected chi connectivity index (χ1v) is 4.46. The van der Waals surface area contributed by atoms with Crippen LogP contribution in [0.3, 0.4) is 0 Å². The van der Waals surface area contributed by atoms with Gasteiger partial charge in [-0.15, -0.1) is 0 Å². The summed E-state index contributed by atoms with van der Waals surface area (Å²) in [5, 5.41) is 0. The Hall–Kier alpha value is -1.17. The molecule has 0 bridgehead atoms. The zero-order valence-electron chi connectivity index (χ0n) is 8.27. The van der Waals surface area contributed by atoms with Gasteiger partial charge < -0.3 is 10.5 Å². The summed E-state index contributed by atoms with van der Waals surface area (Å²) < 4.78 is 42.0. The molecule has 0 aliphatic carbocycles. The minimum absolute atomic E-state index is 0.298. The van der Waals surface area contributed by atoms with Crippen LogP contribution in [0.1, 0.15) is 5.56 Å². The Balaban J connectivity index is 2.88. The Morgan fingerprint density at radius 2 is 2.00 bits per heavy atom. The summed E-state index contributed by atoms with van der Waals surface area (Å²) in [6.07, 6.45) is -4.31. The van der Waals surface area contributed by atoms with E-state index in [4.69, 9.17) is 10.5 Å². The molecular formula is C9H11BF3NO. The monoisotopic (exact) mass is 217 g/mol. The molecular weight excluding hydrogens is 206 g/mol. The van der Waals surface area contributed by atoms with Gasteiger partial charge in [-0.25, -0.2) is 0 Å². The first-order chi connectivity index (χ1) is 6.95. The molecule has 1 rings (SSSR count). The van der Waals surface area contributed by atoms with Crippen LogP contribution < -0.4 is 15.9 Å². The van der Waals surface area contributed by atoms with E-state index in [1.807, 2.05) is 0 Å². The summed E-state index contributed by atoms with van der Waals surface area (Å²) in [5.74, 6) is 0.438. The Morgan fingerprint density at radius 3 is 2.47 bits per heavy atom. The van der Waals surface area contributed by atoms with Crippen LogP contribution in [0.5, 0.6) is 5.75 Å². The minimum Gasteiger partial charge on any atom is -0.493 e. The maximum Gasteiger partial charge on any atom is 0.416 e. The number of alkyl halides is 3. The average molecular weight is 217 g/mol. The fraction of sp³-hybridized carbons (Fsp3) is 0.333. The van der Waals surface area contributed by atoms with Gasteiger partial charge in [0.25, 0.3) is 0 Å². The third-order valence-electron chi connectivity index (χ3n) is 1.88. The molecule has 0 fully saturated rings. The van der Waals surface area contributed by atoms with Crippen LogP contribution in [0.4, 0.5) is 13.2 Å². The van der Waals surface area contributed by atoms with E-state index in [0.717, 1.165) is 12.1 Å². The van der Waals surface area contributed by atoms with Gasteiger partial charge in [0, 0.05) is 6.54 Å². The van der Waals surface area contributed by atoms with Gasteiger partial charge in [0.2, 0.25) is 0 Å². The summed E-state index contributed by atoms with van der Waals surface area (Å²) in [5.41, 5.74) is 5.01. The van der Waals surface area contributed by atoms with Crippen molar-refractivity contribution in [2.45, 2.75) is 6.18 Å². The molecule has 6 heteroatoms. The highest BCUT2D eigenvalue weighted by molar-refractivity contribution is 6.34. The normalized spacial score (nSPS) is 11.5. The van der Waals surface area contributed by atoms with Crippen molar-refractivity contribution in [1.82, 2.24) is 0 Å². The Morgan fingerprint density at radius 1 is 1.33 bits per heavy atom. The number of hydrogen-bond acceptors (Lipinski definition) is 2. The molecule has 82 valence electrons. The van der Waals surface area contributed by atoms with Crippen LogP contribution in [0.25, 0.3) is 0 Å². The number of rotatable bonds is 3. The SMILES string of the molecule is Bc1cc(C(F)(F)F)ccc1OCCN. The molecule has 0 aliphatic heterocycles. The standard InChI is InChI=1S/C9H11BF3NO/c10-7-5-6(9(11,12)13)1-2-8(7)15-4-3-14/h1-2,5H,3-4,10,14H2. The van der Waals surface area contributed by atoms with Gasteiger partial charge in [-0.05, 0) is 17.6 Å². The van der Waals surface area contributed by atoms with Crippen LogP contribution in [0.15, 0.2) is 18.2 Å². The van der Waals surface area contributed by atoms with Crippen molar-refractivity contribution in [2.24, 2.45) is 5.73 Å². The summed E-state index contributed by atoms with van der Waals surface area (Å²) in [6.45, 7) is 0.632. The van der Waals surface area contributed by atoms with Crippen LogP contribution >= 0.6 is 0 Å². The van der Waals surface area contributed by atoms with Crippen LogP contribution in [-0.4, -0.2) is 21.0 Å². The maximum absolute atomic E-state index is 12.3. The fourth-order valence-corrected chi connectivity index (χ4v) is 1.16. The molecule has 0 unspecified atom stereocenters. The van der Waals surface area contributed by atoms with E-state index in [2.05, 4.69) is 0 Å². The van der Waals surface area contributed by atoms with Gasteiger partial charge >= 0.3 is 6.18 Å². The molecule has 0 atom stereocenters. The van der Waals surface area contributed by atoms with Crippen LogP contribution in [-0.2, 0) is 6.18 Å². The lowest BCUT2D eigenvalue weighted by Crippen LogP contribution is -2.17. The van der Waals surface area contributed by atoms with E-state index in [1.54, 1.807) is 7.85 Å². The van der Waals surface area contributed by atoms with E-state index in [9.17, 15) is 13.2 Å². The Labute approximate surface area is 86.6 Å². The molecule has 0 saturated carbocycles.